The molecule has 3 aromatic rings. The Balaban J connectivity index is 1.55. The van der Waals surface area contributed by atoms with Crippen LogP contribution in [0.3, 0.4) is 0 Å². The van der Waals surface area contributed by atoms with Crippen molar-refractivity contribution in [1.29, 1.82) is 0 Å². The van der Waals surface area contributed by atoms with Crippen molar-refractivity contribution in [3.63, 3.8) is 0 Å². The number of rotatable bonds is 14. The van der Waals surface area contributed by atoms with Gasteiger partial charge in [0, 0.05) is 5.69 Å². The molecule has 0 saturated heterocycles. The first-order valence-electron chi connectivity index (χ1n) is 11.7. The largest absolute Gasteiger partial charge is 0.365 e. The minimum atomic E-state index is 0.199. The first-order valence-corrected chi connectivity index (χ1v) is 12.9. The number of nitrogens with zero attached hydrogens (tertiary/aromatic N) is 1. The molecule has 2 nitrogen and oxygen atoms in total. The van der Waals surface area contributed by atoms with Crippen LogP contribution in [0.25, 0.3) is 10.2 Å². The van der Waals surface area contributed by atoms with Crippen molar-refractivity contribution in [2.45, 2.75) is 83.7 Å². The number of fused-ring (bicyclic) bond motifs is 1. The zero-order valence-corrected chi connectivity index (χ0v) is 19.9. The Morgan fingerprint density at radius 2 is 1.40 bits per heavy atom. The molecule has 1 N–H and O–H groups in total. The number of hydrogen-bond acceptors (Lipinski definition) is 3. The molecule has 0 saturated carbocycles. The zero-order chi connectivity index (χ0) is 21.0. The highest BCUT2D eigenvalue weighted by atomic mass is 32.1. The van der Waals surface area contributed by atoms with Crippen LogP contribution >= 0.6 is 23.6 Å². The first kappa shape index (κ1) is 23.0. The highest BCUT2D eigenvalue weighted by molar-refractivity contribution is 7.73. The van der Waals surface area contributed by atoms with Crippen LogP contribution in [-0.2, 0) is 0 Å². The smallest absolute Gasteiger partial charge is 0.163 e. The van der Waals surface area contributed by atoms with Crippen LogP contribution in [0, 0.1) is 3.95 Å². The van der Waals surface area contributed by atoms with Gasteiger partial charge in [-0.1, -0.05) is 95.0 Å². The molecule has 0 aliphatic heterocycles. The Morgan fingerprint density at radius 3 is 2.10 bits per heavy atom. The Morgan fingerprint density at radius 1 is 0.800 bits per heavy atom. The summed E-state index contributed by atoms with van der Waals surface area (Å²) in [5, 5.41) is 3.75. The van der Waals surface area contributed by atoms with E-state index in [0.717, 1.165) is 16.1 Å². The fourth-order valence-electron chi connectivity index (χ4n) is 4.10. The third-order valence-electron chi connectivity index (χ3n) is 5.77. The Kier molecular flexibility index (Phi) is 9.91. The number of hydrogen-bond donors (Lipinski definition) is 1. The first-order chi connectivity index (χ1) is 14.8. The molecule has 0 bridgehead atoms. The van der Waals surface area contributed by atoms with Gasteiger partial charge in [-0.05, 0) is 49.3 Å². The number of anilines is 1. The molecule has 162 valence electrons. The molecule has 3 rings (SSSR count). The zero-order valence-electron chi connectivity index (χ0n) is 18.3. The second kappa shape index (κ2) is 12.9. The maximum Gasteiger partial charge on any atom is 0.163 e. The molecular weight excluding hydrogens is 404 g/mol. The molecule has 0 aliphatic carbocycles. The summed E-state index contributed by atoms with van der Waals surface area (Å²) < 4.78 is 4.55. The molecule has 2 aromatic carbocycles. The van der Waals surface area contributed by atoms with Crippen molar-refractivity contribution in [1.82, 2.24) is 4.57 Å². The monoisotopic (exact) mass is 440 g/mol. The van der Waals surface area contributed by atoms with Gasteiger partial charge in [-0.3, -0.25) is 0 Å². The van der Waals surface area contributed by atoms with Gasteiger partial charge >= 0.3 is 0 Å². The maximum absolute atomic E-state index is 5.77. The van der Waals surface area contributed by atoms with E-state index in [0.29, 0.717) is 0 Å². The van der Waals surface area contributed by atoms with Gasteiger partial charge in [0.1, 0.15) is 6.17 Å². The molecule has 0 radical (unpaired) electrons. The average molecular weight is 441 g/mol. The summed E-state index contributed by atoms with van der Waals surface area (Å²) in [5.74, 6) is 0. The van der Waals surface area contributed by atoms with Gasteiger partial charge in [0.25, 0.3) is 0 Å². The van der Waals surface area contributed by atoms with E-state index < -0.39 is 0 Å². The molecule has 1 atom stereocenters. The van der Waals surface area contributed by atoms with Gasteiger partial charge in [-0.2, -0.15) is 0 Å². The van der Waals surface area contributed by atoms with Gasteiger partial charge in [-0.25, -0.2) is 0 Å². The summed E-state index contributed by atoms with van der Waals surface area (Å²) in [5.41, 5.74) is 2.40. The maximum atomic E-state index is 5.77. The van der Waals surface area contributed by atoms with Crippen molar-refractivity contribution in [3.05, 3.63) is 58.6 Å². The molecule has 30 heavy (non-hydrogen) atoms. The van der Waals surface area contributed by atoms with Crippen LogP contribution < -0.4 is 5.32 Å². The highest BCUT2D eigenvalue weighted by Gasteiger charge is 2.15. The summed E-state index contributed by atoms with van der Waals surface area (Å²) in [4.78, 5) is 0. The normalized spacial score (nSPS) is 12.3. The standard InChI is InChI=1S/C26H36N2S2/c1-2-3-4-5-6-7-8-9-10-14-21-25(27-22-17-12-11-13-18-22)28-23-19-15-16-20-24(23)30-26(28)29/h11-13,15-20,25,27H,2-10,14,21H2,1H3. The van der Waals surface area contributed by atoms with Crippen LogP contribution in [-0.4, -0.2) is 4.57 Å². The predicted octanol–water partition coefficient (Wildman–Crippen LogP) is 9.35. The second-order valence-electron chi connectivity index (χ2n) is 8.20. The molecular formula is C26H36N2S2. The van der Waals surface area contributed by atoms with Gasteiger partial charge in [-0.15, -0.1) is 11.3 Å². The van der Waals surface area contributed by atoms with Crippen molar-refractivity contribution >= 4 is 39.5 Å². The Hall–Kier alpha value is -1.65. The number of para-hydroxylation sites is 2. The SMILES string of the molecule is CCCCCCCCCCCCC(Nc1ccccc1)n1c(=S)sc2ccccc21. The number of benzene rings is 2. The summed E-state index contributed by atoms with van der Waals surface area (Å²) in [6, 6.07) is 19.1. The van der Waals surface area contributed by atoms with E-state index in [1.165, 1.54) is 74.4 Å². The molecule has 1 heterocycles. The number of aromatic nitrogens is 1. The highest BCUT2D eigenvalue weighted by Crippen LogP contribution is 2.30. The topological polar surface area (TPSA) is 17.0 Å². The number of nitrogens with one attached hydrogen (secondary N) is 1. The molecule has 1 unspecified atom stereocenters. The third-order valence-corrected chi connectivity index (χ3v) is 7.15. The number of unbranched alkanes of at least 4 members (excludes halogenated alkanes) is 9. The van der Waals surface area contributed by atoms with Gasteiger partial charge in [0.05, 0.1) is 10.2 Å². The van der Waals surface area contributed by atoms with E-state index in [2.05, 4.69) is 71.4 Å². The summed E-state index contributed by atoms with van der Waals surface area (Å²) in [6.07, 6.45) is 14.9. The van der Waals surface area contributed by atoms with Crippen LogP contribution in [0.1, 0.15) is 83.7 Å². The second-order valence-corrected chi connectivity index (χ2v) is 9.88. The van der Waals surface area contributed by atoms with Crippen molar-refractivity contribution < 1.29 is 0 Å². The van der Waals surface area contributed by atoms with E-state index in [-0.39, 0.29) is 6.17 Å². The quantitative estimate of drug-likeness (QED) is 0.199. The summed E-state index contributed by atoms with van der Waals surface area (Å²) >= 11 is 7.48. The predicted molar refractivity (Wildman–Crippen MR) is 136 cm³/mol. The van der Waals surface area contributed by atoms with Gasteiger partial charge in [0.2, 0.25) is 0 Å². The summed E-state index contributed by atoms with van der Waals surface area (Å²) in [7, 11) is 0. The van der Waals surface area contributed by atoms with Crippen LogP contribution in [0.15, 0.2) is 54.6 Å². The van der Waals surface area contributed by atoms with Gasteiger partial charge in [0.15, 0.2) is 3.95 Å². The van der Waals surface area contributed by atoms with E-state index in [1.54, 1.807) is 11.3 Å². The molecule has 0 spiro atoms. The van der Waals surface area contributed by atoms with E-state index >= 15 is 0 Å². The number of thiazole rings is 1. The fraction of sp³-hybridized carbons (Fsp3) is 0.500. The minimum absolute atomic E-state index is 0.199. The molecule has 0 aliphatic rings. The van der Waals surface area contributed by atoms with E-state index in [1.807, 2.05) is 0 Å². The van der Waals surface area contributed by atoms with Crippen molar-refractivity contribution in [2.24, 2.45) is 0 Å². The summed E-state index contributed by atoms with van der Waals surface area (Å²) in [6.45, 7) is 2.28. The molecule has 0 fully saturated rings. The lowest BCUT2D eigenvalue weighted by Gasteiger charge is -2.22. The third kappa shape index (κ3) is 6.95. The molecule has 0 amide bonds. The van der Waals surface area contributed by atoms with Crippen LogP contribution in [0.4, 0.5) is 5.69 Å². The minimum Gasteiger partial charge on any atom is -0.365 e. The molecule has 4 heteroatoms. The van der Waals surface area contributed by atoms with Gasteiger partial charge < -0.3 is 9.88 Å². The lowest BCUT2D eigenvalue weighted by atomic mass is 10.1. The van der Waals surface area contributed by atoms with E-state index in [9.17, 15) is 0 Å². The van der Waals surface area contributed by atoms with Crippen molar-refractivity contribution in [3.8, 4) is 0 Å². The average Bonchev–Trinajstić information content (AvgIpc) is 3.10. The Labute approximate surface area is 191 Å². The van der Waals surface area contributed by atoms with Crippen LogP contribution in [0.5, 0.6) is 0 Å². The fourth-order valence-corrected chi connectivity index (χ4v) is 5.52. The lowest BCUT2D eigenvalue weighted by Crippen LogP contribution is -2.18. The van der Waals surface area contributed by atoms with E-state index in [4.69, 9.17) is 12.2 Å². The lowest BCUT2D eigenvalue weighted by molar-refractivity contribution is 0.483. The molecule has 1 aromatic heterocycles. The van der Waals surface area contributed by atoms with Crippen LogP contribution in [0.2, 0.25) is 0 Å². The Bertz CT molecular complexity index is 913. The van der Waals surface area contributed by atoms with Crippen molar-refractivity contribution in [2.75, 3.05) is 5.32 Å².